The molecule has 2 aromatic rings. The molecule has 1 amide bonds. The summed E-state index contributed by atoms with van der Waals surface area (Å²) < 4.78 is 14.0. The van der Waals surface area contributed by atoms with Gasteiger partial charge < -0.3 is 19.4 Å². The van der Waals surface area contributed by atoms with Crippen molar-refractivity contribution in [1.29, 1.82) is 0 Å². The Morgan fingerprint density at radius 2 is 1.90 bits per heavy atom. The summed E-state index contributed by atoms with van der Waals surface area (Å²) in [5.74, 6) is 1.42. The molecule has 3 rings (SSSR count). The number of carbonyl (C=O) groups is 2. The number of aryl methyl sites for hydroxylation is 1. The first-order valence-electron chi connectivity index (χ1n) is 10.3. The number of rotatable bonds is 8. The molecule has 1 N–H and O–H groups in total. The summed E-state index contributed by atoms with van der Waals surface area (Å²) in [6.07, 6.45) is -0.130. The minimum absolute atomic E-state index is 0.000329. The average molecular weight is 414 g/mol. The number of ketones is 1. The second-order valence-electron chi connectivity index (χ2n) is 8.21. The molecule has 1 aliphatic heterocycles. The number of benzene rings is 1. The van der Waals surface area contributed by atoms with Gasteiger partial charge in [-0.1, -0.05) is 12.1 Å². The van der Waals surface area contributed by atoms with Crippen molar-refractivity contribution in [2.75, 3.05) is 26.7 Å². The fourth-order valence-corrected chi connectivity index (χ4v) is 3.72. The number of aromatic nitrogens is 1. The van der Waals surface area contributed by atoms with Gasteiger partial charge in [-0.3, -0.25) is 14.5 Å². The molecule has 0 fully saturated rings. The highest BCUT2D eigenvalue weighted by Crippen LogP contribution is 2.31. The van der Waals surface area contributed by atoms with Gasteiger partial charge in [-0.2, -0.15) is 0 Å². The van der Waals surface area contributed by atoms with Gasteiger partial charge in [0.25, 0.3) is 0 Å². The van der Waals surface area contributed by atoms with E-state index in [2.05, 4.69) is 9.88 Å². The Bertz CT molecular complexity index is 919. The van der Waals surface area contributed by atoms with Crippen LogP contribution < -0.4 is 14.8 Å². The van der Waals surface area contributed by atoms with Crippen LogP contribution in [0.3, 0.4) is 0 Å². The summed E-state index contributed by atoms with van der Waals surface area (Å²) in [4.78, 5) is 26.5. The zero-order valence-electron chi connectivity index (χ0n) is 18.4. The van der Waals surface area contributed by atoms with Crippen LogP contribution in [0.25, 0.3) is 0 Å². The fraction of sp³-hybridized carbons (Fsp3) is 0.478. The Kier molecular flexibility index (Phi) is 6.82. The van der Waals surface area contributed by atoms with Crippen molar-refractivity contribution >= 4 is 11.7 Å². The first kappa shape index (κ1) is 21.9. The summed E-state index contributed by atoms with van der Waals surface area (Å²) in [6, 6.07) is 9.63. The standard InChI is InChI=1S/C23H31N3O4/c1-15(2)24-23(28)13-25(5)12-20(27)19-10-16(3)26(17(19)4)11-18-14-29-21-8-6-7-9-22(21)30-18/h6-10,15,18H,11-14H2,1-5H3,(H,24,28)/t18-/m1/s1. The SMILES string of the molecule is Cc1cc(C(=O)CN(C)CC(=O)NC(C)C)c(C)n1C[C@@H]1COc2ccccc2O1. The van der Waals surface area contributed by atoms with Crippen LogP contribution in [-0.2, 0) is 11.3 Å². The zero-order valence-corrected chi connectivity index (χ0v) is 18.4. The van der Waals surface area contributed by atoms with Crippen LogP contribution >= 0.6 is 0 Å². The fourth-order valence-electron chi connectivity index (χ4n) is 3.72. The molecule has 0 saturated heterocycles. The minimum atomic E-state index is -0.130. The molecular weight excluding hydrogens is 382 g/mol. The maximum Gasteiger partial charge on any atom is 0.234 e. The molecule has 7 heteroatoms. The van der Waals surface area contributed by atoms with E-state index in [1.807, 2.05) is 58.0 Å². The van der Waals surface area contributed by atoms with Gasteiger partial charge in [-0.25, -0.2) is 0 Å². The zero-order chi connectivity index (χ0) is 21.8. The number of likely N-dealkylation sites (N-methyl/N-ethyl adjacent to an activating group) is 1. The molecule has 1 aromatic heterocycles. The molecule has 0 saturated carbocycles. The van der Waals surface area contributed by atoms with Gasteiger partial charge in [-0.05, 0) is 52.9 Å². The lowest BCUT2D eigenvalue weighted by Gasteiger charge is -2.27. The summed E-state index contributed by atoms with van der Waals surface area (Å²) in [7, 11) is 1.78. The third kappa shape index (κ3) is 5.21. The van der Waals surface area contributed by atoms with E-state index in [9.17, 15) is 9.59 Å². The number of Topliss-reactive ketones (excluding diaryl/α,β-unsaturated/α-hetero) is 1. The highest BCUT2D eigenvalue weighted by Gasteiger charge is 2.24. The van der Waals surface area contributed by atoms with Gasteiger partial charge in [0.15, 0.2) is 23.4 Å². The molecule has 30 heavy (non-hydrogen) atoms. The second kappa shape index (κ2) is 9.34. The molecule has 1 atom stereocenters. The summed E-state index contributed by atoms with van der Waals surface area (Å²) >= 11 is 0. The lowest BCUT2D eigenvalue weighted by atomic mass is 10.1. The van der Waals surface area contributed by atoms with E-state index in [0.29, 0.717) is 18.7 Å². The van der Waals surface area contributed by atoms with Crippen molar-refractivity contribution in [3.8, 4) is 11.5 Å². The summed E-state index contributed by atoms with van der Waals surface area (Å²) in [5, 5.41) is 2.84. The van der Waals surface area contributed by atoms with Crippen LogP contribution in [0.4, 0.5) is 0 Å². The van der Waals surface area contributed by atoms with E-state index in [4.69, 9.17) is 9.47 Å². The number of fused-ring (bicyclic) bond motifs is 1. The predicted molar refractivity (Wildman–Crippen MR) is 115 cm³/mol. The Balaban J connectivity index is 1.64. The van der Waals surface area contributed by atoms with Gasteiger partial charge in [-0.15, -0.1) is 0 Å². The third-order valence-corrected chi connectivity index (χ3v) is 5.10. The number of ether oxygens (including phenoxy) is 2. The number of para-hydroxylation sites is 2. The lowest BCUT2D eigenvalue weighted by molar-refractivity contribution is -0.122. The molecule has 0 unspecified atom stereocenters. The number of amides is 1. The predicted octanol–water partition coefficient (Wildman–Crippen LogP) is 2.58. The van der Waals surface area contributed by atoms with Crippen molar-refractivity contribution < 1.29 is 19.1 Å². The second-order valence-corrected chi connectivity index (χ2v) is 8.21. The molecule has 0 bridgehead atoms. The Morgan fingerprint density at radius 1 is 1.20 bits per heavy atom. The van der Waals surface area contributed by atoms with Crippen molar-refractivity contribution in [1.82, 2.24) is 14.8 Å². The molecular formula is C23H31N3O4. The number of carbonyl (C=O) groups excluding carboxylic acids is 2. The number of hydrogen-bond acceptors (Lipinski definition) is 5. The first-order chi connectivity index (χ1) is 14.2. The third-order valence-electron chi connectivity index (χ3n) is 5.10. The van der Waals surface area contributed by atoms with Crippen molar-refractivity contribution in [3.05, 3.63) is 47.3 Å². The normalized spacial score (nSPS) is 15.5. The van der Waals surface area contributed by atoms with Crippen LogP contribution in [0.5, 0.6) is 11.5 Å². The van der Waals surface area contributed by atoms with Gasteiger partial charge in [0, 0.05) is 23.0 Å². The Labute approximate surface area is 178 Å². The van der Waals surface area contributed by atoms with Crippen LogP contribution in [0, 0.1) is 13.8 Å². The van der Waals surface area contributed by atoms with Crippen LogP contribution in [0.15, 0.2) is 30.3 Å². The van der Waals surface area contributed by atoms with Gasteiger partial charge >= 0.3 is 0 Å². The molecule has 0 radical (unpaired) electrons. The smallest absolute Gasteiger partial charge is 0.234 e. The minimum Gasteiger partial charge on any atom is -0.486 e. The first-order valence-corrected chi connectivity index (χ1v) is 10.3. The van der Waals surface area contributed by atoms with E-state index in [1.54, 1.807) is 11.9 Å². The van der Waals surface area contributed by atoms with Crippen molar-refractivity contribution in [3.63, 3.8) is 0 Å². The van der Waals surface area contributed by atoms with E-state index in [-0.39, 0.29) is 36.9 Å². The maximum absolute atomic E-state index is 12.9. The Hall–Kier alpha value is -2.80. The molecule has 1 aromatic carbocycles. The lowest BCUT2D eigenvalue weighted by Crippen LogP contribution is -2.40. The average Bonchev–Trinajstić information content (AvgIpc) is 2.95. The van der Waals surface area contributed by atoms with E-state index < -0.39 is 0 Å². The van der Waals surface area contributed by atoms with Gasteiger partial charge in [0.2, 0.25) is 5.91 Å². The van der Waals surface area contributed by atoms with Gasteiger partial charge in [0.05, 0.1) is 19.6 Å². The van der Waals surface area contributed by atoms with Crippen molar-refractivity contribution in [2.24, 2.45) is 0 Å². The quantitative estimate of drug-likeness (QED) is 0.674. The number of hydrogen-bond donors (Lipinski definition) is 1. The monoisotopic (exact) mass is 413 g/mol. The van der Waals surface area contributed by atoms with Crippen LogP contribution in [0.2, 0.25) is 0 Å². The highest BCUT2D eigenvalue weighted by atomic mass is 16.6. The van der Waals surface area contributed by atoms with Gasteiger partial charge in [0.1, 0.15) is 6.61 Å². The summed E-state index contributed by atoms with van der Waals surface area (Å²) in [5.41, 5.74) is 2.58. The molecule has 2 heterocycles. The Morgan fingerprint density at radius 3 is 2.60 bits per heavy atom. The molecule has 1 aliphatic rings. The van der Waals surface area contributed by atoms with Crippen LogP contribution in [0.1, 0.15) is 35.6 Å². The topological polar surface area (TPSA) is 72.8 Å². The molecule has 0 spiro atoms. The van der Waals surface area contributed by atoms with Crippen LogP contribution in [-0.4, -0.2) is 60.0 Å². The highest BCUT2D eigenvalue weighted by molar-refractivity contribution is 5.99. The van der Waals surface area contributed by atoms with E-state index in [1.165, 1.54) is 0 Å². The summed E-state index contributed by atoms with van der Waals surface area (Å²) in [6.45, 7) is 9.21. The largest absolute Gasteiger partial charge is 0.486 e. The molecule has 162 valence electrons. The van der Waals surface area contributed by atoms with E-state index in [0.717, 1.165) is 22.9 Å². The number of nitrogens with zero attached hydrogens (tertiary/aromatic N) is 2. The number of nitrogens with one attached hydrogen (secondary N) is 1. The van der Waals surface area contributed by atoms with E-state index >= 15 is 0 Å². The molecule has 0 aliphatic carbocycles. The maximum atomic E-state index is 12.9. The van der Waals surface area contributed by atoms with Crippen molar-refractivity contribution in [2.45, 2.75) is 46.4 Å². The molecule has 7 nitrogen and oxygen atoms in total.